The van der Waals surface area contributed by atoms with Crippen LogP contribution in [-0.4, -0.2) is 51.1 Å². The lowest BCUT2D eigenvalue weighted by Crippen LogP contribution is -2.42. The summed E-state index contributed by atoms with van der Waals surface area (Å²) in [6, 6.07) is 6.50. The van der Waals surface area contributed by atoms with Gasteiger partial charge < -0.3 is 24.6 Å². The standard InChI is InChI=1S/C13H19NO5/c1-17-8-10(7-15)14-13(16)9-19-12-5-3-11(18-2)4-6-12/h3-6,10,15H,7-9H2,1-2H3,(H,14,16). The molecule has 0 spiro atoms. The zero-order valence-corrected chi connectivity index (χ0v) is 11.1. The monoisotopic (exact) mass is 269 g/mol. The van der Waals surface area contributed by atoms with Gasteiger partial charge in [-0.3, -0.25) is 4.79 Å². The molecule has 0 saturated heterocycles. The summed E-state index contributed by atoms with van der Waals surface area (Å²) in [5.74, 6) is 0.979. The second-order valence-electron chi connectivity index (χ2n) is 3.87. The topological polar surface area (TPSA) is 77.0 Å². The van der Waals surface area contributed by atoms with Crippen molar-refractivity contribution in [2.24, 2.45) is 0 Å². The molecule has 6 heteroatoms. The van der Waals surface area contributed by atoms with Crippen LogP contribution in [0, 0.1) is 0 Å². The van der Waals surface area contributed by atoms with Crippen LogP contribution in [0.2, 0.25) is 0 Å². The van der Waals surface area contributed by atoms with E-state index in [-0.39, 0.29) is 25.7 Å². The number of aliphatic hydroxyl groups excluding tert-OH is 1. The summed E-state index contributed by atoms with van der Waals surface area (Å²) in [6.07, 6.45) is 0. The molecule has 1 unspecified atom stereocenters. The number of carbonyl (C=O) groups is 1. The van der Waals surface area contributed by atoms with Crippen LogP contribution in [0.15, 0.2) is 24.3 Å². The number of hydrogen-bond donors (Lipinski definition) is 2. The second-order valence-corrected chi connectivity index (χ2v) is 3.87. The molecule has 0 aromatic heterocycles. The van der Waals surface area contributed by atoms with Gasteiger partial charge in [0.05, 0.1) is 26.4 Å². The van der Waals surface area contributed by atoms with Crippen LogP contribution >= 0.6 is 0 Å². The lowest BCUT2D eigenvalue weighted by Gasteiger charge is -2.15. The van der Waals surface area contributed by atoms with Gasteiger partial charge in [0.15, 0.2) is 6.61 Å². The van der Waals surface area contributed by atoms with Crippen molar-refractivity contribution in [3.05, 3.63) is 24.3 Å². The Hall–Kier alpha value is -1.79. The molecule has 0 aliphatic carbocycles. The molecule has 0 aliphatic rings. The fourth-order valence-electron chi connectivity index (χ4n) is 1.43. The van der Waals surface area contributed by atoms with Crippen LogP contribution in [0.5, 0.6) is 11.5 Å². The maximum Gasteiger partial charge on any atom is 0.258 e. The van der Waals surface area contributed by atoms with Crippen molar-refractivity contribution < 1.29 is 24.1 Å². The first-order valence-electron chi connectivity index (χ1n) is 5.85. The largest absolute Gasteiger partial charge is 0.497 e. The van der Waals surface area contributed by atoms with Crippen LogP contribution in [0.25, 0.3) is 0 Å². The van der Waals surface area contributed by atoms with Crippen LogP contribution in [0.1, 0.15) is 0 Å². The van der Waals surface area contributed by atoms with Gasteiger partial charge in [0.2, 0.25) is 0 Å². The molecule has 0 radical (unpaired) electrons. The molecule has 19 heavy (non-hydrogen) atoms. The molecule has 1 rings (SSSR count). The van der Waals surface area contributed by atoms with Crippen molar-refractivity contribution in [1.29, 1.82) is 0 Å². The smallest absolute Gasteiger partial charge is 0.258 e. The summed E-state index contributed by atoms with van der Waals surface area (Å²) in [5.41, 5.74) is 0. The van der Waals surface area contributed by atoms with Crippen molar-refractivity contribution in [1.82, 2.24) is 5.32 Å². The average Bonchev–Trinajstić information content (AvgIpc) is 2.45. The third-order valence-corrected chi connectivity index (χ3v) is 2.38. The highest BCUT2D eigenvalue weighted by atomic mass is 16.5. The van der Waals surface area contributed by atoms with Gasteiger partial charge in [-0.15, -0.1) is 0 Å². The average molecular weight is 269 g/mol. The first kappa shape index (κ1) is 15.3. The first-order valence-corrected chi connectivity index (χ1v) is 5.85. The summed E-state index contributed by atoms with van der Waals surface area (Å²) in [7, 11) is 3.08. The predicted octanol–water partition coefficient (Wildman–Crippen LogP) is 0.198. The van der Waals surface area contributed by atoms with Crippen LogP contribution in [0.3, 0.4) is 0 Å². The maximum atomic E-state index is 11.6. The molecule has 6 nitrogen and oxygen atoms in total. The van der Waals surface area contributed by atoms with Crippen LogP contribution < -0.4 is 14.8 Å². The molecule has 1 amide bonds. The number of methoxy groups -OCH3 is 2. The van der Waals surface area contributed by atoms with Crippen molar-refractivity contribution in [2.45, 2.75) is 6.04 Å². The van der Waals surface area contributed by atoms with Gasteiger partial charge >= 0.3 is 0 Å². The first-order chi connectivity index (χ1) is 9.19. The summed E-state index contributed by atoms with van der Waals surface area (Å²) >= 11 is 0. The lowest BCUT2D eigenvalue weighted by atomic mass is 10.3. The zero-order valence-electron chi connectivity index (χ0n) is 11.1. The maximum absolute atomic E-state index is 11.6. The van der Waals surface area contributed by atoms with Crippen molar-refractivity contribution in [3.63, 3.8) is 0 Å². The number of hydrogen-bond acceptors (Lipinski definition) is 5. The van der Waals surface area contributed by atoms with E-state index in [1.807, 2.05) is 0 Å². The van der Waals surface area contributed by atoms with Gasteiger partial charge in [-0.25, -0.2) is 0 Å². The fourth-order valence-corrected chi connectivity index (χ4v) is 1.43. The molecule has 1 aromatic rings. The van der Waals surface area contributed by atoms with E-state index in [4.69, 9.17) is 19.3 Å². The van der Waals surface area contributed by atoms with Crippen molar-refractivity contribution in [3.8, 4) is 11.5 Å². The van der Waals surface area contributed by atoms with E-state index in [2.05, 4.69) is 5.32 Å². The zero-order chi connectivity index (χ0) is 14.1. The van der Waals surface area contributed by atoms with Crippen LogP contribution in [-0.2, 0) is 9.53 Å². The van der Waals surface area contributed by atoms with Crippen molar-refractivity contribution in [2.75, 3.05) is 34.0 Å². The third kappa shape index (κ3) is 5.58. The molecule has 1 atom stereocenters. The molecule has 0 saturated carbocycles. The lowest BCUT2D eigenvalue weighted by molar-refractivity contribution is -0.124. The van der Waals surface area contributed by atoms with E-state index < -0.39 is 6.04 Å². The second kappa shape index (κ2) is 8.34. The van der Waals surface area contributed by atoms with Crippen molar-refractivity contribution >= 4 is 5.91 Å². The quantitative estimate of drug-likeness (QED) is 0.705. The van der Waals surface area contributed by atoms with E-state index >= 15 is 0 Å². The Bertz CT molecular complexity index is 379. The van der Waals surface area contributed by atoms with Gasteiger partial charge in [-0.2, -0.15) is 0 Å². The Morgan fingerprint density at radius 3 is 2.42 bits per heavy atom. The Balaban J connectivity index is 2.36. The van der Waals surface area contributed by atoms with E-state index in [9.17, 15) is 4.79 Å². The van der Waals surface area contributed by atoms with Gasteiger partial charge in [-0.05, 0) is 24.3 Å². The fraction of sp³-hybridized carbons (Fsp3) is 0.462. The molecule has 2 N–H and O–H groups in total. The highest BCUT2D eigenvalue weighted by Crippen LogP contribution is 2.16. The minimum atomic E-state index is -0.419. The molecule has 1 aromatic carbocycles. The van der Waals surface area contributed by atoms with E-state index in [1.54, 1.807) is 31.4 Å². The normalized spacial score (nSPS) is 11.7. The molecular weight excluding hydrogens is 250 g/mol. The summed E-state index contributed by atoms with van der Waals surface area (Å²) in [6.45, 7) is -0.0422. The van der Waals surface area contributed by atoms with Gasteiger partial charge in [0, 0.05) is 7.11 Å². The predicted molar refractivity (Wildman–Crippen MR) is 69.4 cm³/mol. The van der Waals surface area contributed by atoms with Gasteiger partial charge in [-0.1, -0.05) is 0 Å². The Labute approximate surface area is 112 Å². The minimum Gasteiger partial charge on any atom is -0.497 e. The number of carbonyl (C=O) groups excluding carboxylic acids is 1. The van der Waals surface area contributed by atoms with Gasteiger partial charge in [0.25, 0.3) is 5.91 Å². The van der Waals surface area contributed by atoms with E-state index in [1.165, 1.54) is 7.11 Å². The summed E-state index contributed by atoms with van der Waals surface area (Å²) in [4.78, 5) is 11.6. The highest BCUT2D eigenvalue weighted by Gasteiger charge is 2.11. The molecule has 0 fully saturated rings. The van der Waals surface area contributed by atoms with E-state index in [0.717, 1.165) is 5.75 Å². The number of nitrogens with one attached hydrogen (secondary N) is 1. The Morgan fingerprint density at radius 1 is 1.26 bits per heavy atom. The molecule has 0 bridgehead atoms. The third-order valence-electron chi connectivity index (χ3n) is 2.38. The number of benzene rings is 1. The minimum absolute atomic E-state index is 0.119. The Kier molecular flexibility index (Phi) is 6.70. The number of amides is 1. The molecular formula is C13H19NO5. The number of rotatable bonds is 8. The summed E-state index contributed by atoms with van der Waals surface area (Å²) in [5, 5.41) is 11.6. The number of aliphatic hydroxyl groups is 1. The highest BCUT2D eigenvalue weighted by molar-refractivity contribution is 5.77. The summed E-state index contributed by atoms with van der Waals surface area (Å²) < 4.78 is 15.2. The van der Waals surface area contributed by atoms with Crippen LogP contribution in [0.4, 0.5) is 0 Å². The Morgan fingerprint density at radius 2 is 1.89 bits per heavy atom. The SMILES string of the molecule is COCC(CO)NC(=O)COc1ccc(OC)cc1. The molecule has 0 heterocycles. The van der Waals surface area contributed by atoms with E-state index in [0.29, 0.717) is 5.75 Å². The molecule has 106 valence electrons. The van der Waals surface area contributed by atoms with Gasteiger partial charge in [0.1, 0.15) is 11.5 Å². The number of ether oxygens (including phenoxy) is 3. The molecule has 0 aliphatic heterocycles.